The molecule has 0 aliphatic heterocycles. The molecule has 0 bridgehead atoms. The third-order valence-electron chi connectivity index (χ3n) is 2.82. The number of benzene rings is 1. The van der Waals surface area contributed by atoms with Crippen molar-refractivity contribution < 1.29 is 4.74 Å². The molecule has 0 saturated heterocycles. The Balaban J connectivity index is 2.09. The van der Waals surface area contributed by atoms with Gasteiger partial charge in [-0.2, -0.15) is 0 Å². The van der Waals surface area contributed by atoms with E-state index < -0.39 is 0 Å². The summed E-state index contributed by atoms with van der Waals surface area (Å²) in [6, 6.07) is 10.5. The summed E-state index contributed by atoms with van der Waals surface area (Å²) >= 11 is 0. The van der Waals surface area contributed by atoms with Crippen LogP contribution in [0.3, 0.4) is 0 Å². The van der Waals surface area contributed by atoms with Gasteiger partial charge in [0, 0.05) is 12.7 Å². The maximum atomic E-state index is 5.50. The molecular formula is C16H20N2O. The van der Waals surface area contributed by atoms with Crippen LogP contribution in [0.1, 0.15) is 23.6 Å². The zero-order valence-corrected chi connectivity index (χ0v) is 11.7. The van der Waals surface area contributed by atoms with E-state index in [4.69, 9.17) is 4.74 Å². The van der Waals surface area contributed by atoms with Gasteiger partial charge in [0.2, 0.25) is 5.88 Å². The Morgan fingerprint density at radius 1 is 1.16 bits per heavy atom. The largest absolute Gasteiger partial charge is 0.476 e. The van der Waals surface area contributed by atoms with Crippen LogP contribution in [0.2, 0.25) is 0 Å². The van der Waals surface area contributed by atoms with Crippen LogP contribution in [0.25, 0.3) is 0 Å². The van der Waals surface area contributed by atoms with Crippen LogP contribution >= 0.6 is 0 Å². The van der Waals surface area contributed by atoms with Gasteiger partial charge in [-0.3, -0.25) is 0 Å². The molecule has 19 heavy (non-hydrogen) atoms. The lowest BCUT2D eigenvalue weighted by Crippen LogP contribution is -2.04. The van der Waals surface area contributed by atoms with E-state index in [0.29, 0.717) is 12.5 Å². The summed E-state index contributed by atoms with van der Waals surface area (Å²) in [6.45, 7) is 7.59. The fourth-order valence-electron chi connectivity index (χ4n) is 2.15. The zero-order valence-electron chi connectivity index (χ0n) is 11.7. The van der Waals surface area contributed by atoms with E-state index in [1.165, 1.54) is 16.7 Å². The summed E-state index contributed by atoms with van der Waals surface area (Å²) in [4.78, 5) is 4.23. The first-order valence-electron chi connectivity index (χ1n) is 6.58. The average Bonchev–Trinajstić information content (AvgIpc) is 2.37. The van der Waals surface area contributed by atoms with E-state index in [1.807, 2.05) is 19.1 Å². The lowest BCUT2D eigenvalue weighted by molar-refractivity contribution is 0.328. The molecule has 1 aromatic heterocycles. The topological polar surface area (TPSA) is 34.1 Å². The number of ether oxygens (including phenoxy) is 1. The van der Waals surface area contributed by atoms with Crippen molar-refractivity contribution in [3.05, 3.63) is 53.2 Å². The van der Waals surface area contributed by atoms with E-state index in [2.05, 4.69) is 42.3 Å². The average molecular weight is 256 g/mol. The molecule has 3 heteroatoms. The summed E-state index contributed by atoms with van der Waals surface area (Å²) in [5.74, 6) is 0.661. The van der Waals surface area contributed by atoms with E-state index in [9.17, 15) is 0 Å². The SMILES string of the molecule is CCOc1ncccc1NCc1cc(C)cc(C)c1. The van der Waals surface area contributed by atoms with Crippen LogP contribution in [0.4, 0.5) is 5.69 Å². The van der Waals surface area contributed by atoms with Crippen LogP contribution < -0.4 is 10.1 Å². The molecule has 0 aliphatic carbocycles. The number of anilines is 1. The van der Waals surface area contributed by atoms with Crippen molar-refractivity contribution in [3.63, 3.8) is 0 Å². The van der Waals surface area contributed by atoms with Gasteiger partial charge in [-0.25, -0.2) is 4.98 Å². The highest BCUT2D eigenvalue weighted by Crippen LogP contribution is 2.21. The van der Waals surface area contributed by atoms with E-state index in [1.54, 1.807) is 6.20 Å². The van der Waals surface area contributed by atoms with Crippen molar-refractivity contribution in [1.29, 1.82) is 0 Å². The van der Waals surface area contributed by atoms with Crippen molar-refractivity contribution in [2.75, 3.05) is 11.9 Å². The predicted octanol–water partition coefficient (Wildman–Crippen LogP) is 3.71. The zero-order chi connectivity index (χ0) is 13.7. The van der Waals surface area contributed by atoms with Gasteiger partial charge in [0.05, 0.1) is 12.3 Å². The van der Waals surface area contributed by atoms with Crippen molar-refractivity contribution in [2.45, 2.75) is 27.3 Å². The summed E-state index contributed by atoms with van der Waals surface area (Å²) in [5, 5.41) is 3.38. The van der Waals surface area contributed by atoms with Gasteiger partial charge < -0.3 is 10.1 Å². The number of aromatic nitrogens is 1. The molecule has 1 heterocycles. The van der Waals surface area contributed by atoms with Crippen molar-refractivity contribution in [1.82, 2.24) is 4.98 Å². The van der Waals surface area contributed by atoms with Crippen molar-refractivity contribution >= 4 is 5.69 Å². The molecule has 2 aromatic rings. The molecule has 0 saturated carbocycles. The van der Waals surface area contributed by atoms with E-state index >= 15 is 0 Å². The van der Waals surface area contributed by atoms with Crippen LogP contribution in [0, 0.1) is 13.8 Å². The fourth-order valence-corrected chi connectivity index (χ4v) is 2.15. The number of rotatable bonds is 5. The molecule has 1 N–H and O–H groups in total. The molecule has 0 atom stereocenters. The van der Waals surface area contributed by atoms with Crippen LogP contribution in [0.15, 0.2) is 36.5 Å². The molecule has 1 aromatic carbocycles. The Labute approximate surface area is 114 Å². The lowest BCUT2D eigenvalue weighted by atomic mass is 10.1. The fraction of sp³-hybridized carbons (Fsp3) is 0.312. The quantitative estimate of drug-likeness (QED) is 0.885. The summed E-state index contributed by atoms with van der Waals surface area (Å²) in [6.07, 6.45) is 1.74. The highest BCUT2D eigenvalue weighted by Gasteiger charge is 2.03. The van der Waals surface area contributed by atoms with Gasteiger partial charge in [0.15, 0.2) is 0 Å². The Hall–Kier alpha value is -2.03. The van der Waals surface area contributed by atoms with Gasteiger partial charge in [-0.1, -0.05) is 29.3 Å². The Morgan fingerprint density at radius 2 is 1.89 bits per heavy atom. The second-order valence-corrected chi connectivity index (χ2v) is 4.64. The van der Waals surface area contributed by atoms with E-state index in [0.717, 1.165) is 12.2 Å². The first-order valence-corrected chi connectivity index (χ1v) is 6.58. The van der Waals surface area contributed by atoms with E-state index in [-0.39, 0.29) is 0 Å². The number of nitrogens with zero attached hydrogens (tertiary/aromatic N) is 1. The molecule has 0 radical (unpaired) electrons. The third-order valence-corrected chi connectivity index (χ3v) is 2.82. The number of aryl methyl sites for hydroxylation is 2. The maximum absolute atomic E-state index is 5.50. The molecule has 2 rings (SSSR count). The number of nitrogens with one attached hydrogen (secondary N) is 1. The summed E-state index contributed by atoms with van der Waals surface area (Å²) < 4.78 is 5.50. The molecule has 0 aliphatic rings. The Kier molecular flexibility index (Phi) is 4.39. The third kappa shape index (κ3) is 3.71. The minimum Gasteiger partial charge on any atom is -0.476 e. The van der Waals surface area contributed by atoms with Gasteiger partial charge in [0.25, 0.3) is 0 Å². The predicted molar refractivity (Wildman–Crippen MR) is 78.6 cm³/mol. The maximum Gasteiger partial charge on any atom is 0.237 e. The van der Waals surface area contributed by atoms with Crippen molar-refractivity contribution in [3.8, 4) is 5.88 Å². The van der Waals surface area contributed by atoms with Crippen LogP contribution in [-0.4, -0.2) is 11.6 Å². The first-order chi connectivity index (χ1) is 9.19. The molecular weight excluding hydrogens is 236 g/mol. The molecule has 0 amide bonds. The first kappa shape index (κ1) is 13.4. The standard InChI is InChI=1S/C16H20N2O/c1-4-19-16-15(6-5-7-17-16)18-11-14-9-12(2)8-13(3)10-14/h5-10,18H,4,11H2,1-3H3. The Morgan fingerprint density at radius 3 is 2.58 bits per heavy atom. The minimum atomic E-state index is 0.620. The second-order valence-electron chi connectivity index (χ2n) is 4.64. The van der Waals surface area contributed by atoms with Crippen LogP contribution in [-0.2, 0) is 6.54 Å². The van der Waals surface area contributed by atoms with Gasteiger partial charge in [0.1, 0.15) is 0 Å². The second kappa shape index (κ2) is 6.23. The Bertz CT molecular complexity index is 532. The lowest BCUT2D eigenvalue weighted by Gasteiger charge is -2.11. The molecule has 0 spiro atoms. The number of hydrogen-bond donors (Lipinski definition) is 1. The number of hydrogen-bond acceptors (Lipinski definition) is 3. The molecule has 0 fully saturated rings. The van der Waals surface area contributed by atoms with Gasteiger partial charge >= 0.3 is 0 Å². The normalized spacial score (nSPS) is 10.3. The van der Waals surface area contributed by atoms with Gasteiger partial charge in [-0.15, -0.1) is 0 Å². The van der Waals surface area contributed by atoms with Crippen LogP contribution in [0.5, 0.6) is 5.88 Å². The summed E-state index contributed by atoms with van der Waals surface area (Å²) in [5.41, 5.74) is 4.77. The smallest absolute Gasteiger partial charge is 0.237 e. The van der Waals surface area contributed by atoms with Crippen molar-refractivity contribution in [2.24, 2.45) is 0 Å². The molecule has 100 valence electrons. The van der Waals surface area contributed by atoms with Gasteiger partial charge in [-0.05, 0) is 38.5 Å². The molecule has 0 unspecified atom stereocenters. The summed E-state index contributed by atoms with van der Waals surface area (Å²) in [7, 11) is 0. The monoisotopic (exact) mass is 256 g/mol. The highest BCUT2D eigenvalue weighted by molar-refractivity contribution is 5.52. The number of pyridine rings is 1. The highest BCUT2D eigenvalue weighted by atomic mass is 16.5. The minimum absolute atomic E-state index is 0.620. The molecule has 3 nitrogen and oxygen atoms in total.